The van der Waals surface area contributed by atoms with Gasteiger partial charge in [0.1, 0.15) is 6.61 Å². The molecule has 9 nitrogen and oxygen atoms in total. The smallest absolute Gasteiger partial charge is 0.278 e. The van der Waals surface area contributed by atoms with Crippen LogP contribution in [0.15, 0.2) is 0 Å². The van der Waals surface area contributed by atoms with Crippen LogP contribution in [0.1, 0.15) is 13.8 Å². The molecule has 0 saturated heterocycles. The highest BCUT2D eigenvalue weighted by Gasteiger charge is 2.02. The summed E-state index contributed by atoms with van der Waals surface area (Å²) in [6.07, 6.45) is 1.77. The summed E-state index contributed by atoms with van der Waals surface area (Å²) in [5.41, 5.74) is 0. The highest BCUT2D eigenvalue weighted by Crippen LogP contribution is 1.91. The number of hydrogen-bond donors (Lipinski definition) is 2. The number of hydrogen-bond acceptors (Lipinski definition) is 8. The molecule has 2 N–H and O–H groups in total. The SMILES string of the molecule is CSC(=O)NCCOCCOCCOCCOCCNC(=O)COC(C)C. The zero-order valence-electron chi connectivity index (χ0n) is 16.6. The van der Waals surface area contributed by atoms with Crippen molar-refractivity contribution in [3.63, 3.8) is 0 Å². The molecule has 0 unspecified atom stereocenters. The zero-order valence-corrected chi connectivity index (χ0v) is 17.4. The highest BCUT2D eigenvalue weighted by molar-refractivity contribution is 8.12. The first-order chi connectivity index (χ1) is 13.1. The maximum absolute atomic E-state index is 11.4. The van der Waals surface area contributed by atoms with Crippen LogP contribution >= 0.6 is 11.8 Å². The van der Waals surface area contributed by atoms with Gasteiger partial charge in [-0.1, -0.05) is 11.8 Å². The molecule has 160 valence electrons. The fourth-order valence-electron chi connectivity index (χ4n) is 1.62. The van der Waals surface area contributed by atoms with Gasteiger partial charge in [0.2, 0.25) is 5.91 Å². The third-order valence-corrected chi connectivity index (χ3v) is 3.45. The summed E-state index contributed by atoms with van der Waals surface area (Å²) in [5.74, 6) is -0.144. The Balaban J connectivity index is 3.13. The third kappa shape index (κ3) is 21.2. The van der Waals surface area contributed by atoms with E-state index in [9.17, 15) is 9.59 Å². The summed E-state index contributed by atoms with van der Waals surface area (Å²) in [6.45, 7) is 8.54. The maximum atomic E-state index is 11.4. The van der Waals surface area contributed by atoms with E-state index in [-0.39, 0.29) is 23.9 Å². The van der Waals surface area contributed by atoms with Gasteiger partial charge in [0.15, 0.2) is 0 Å². The molecule has 0 saturated carbocycles. The van der Waals surface area contributed by atoms with Gasteiger partial charge in [0, 0.05) is 13.1 Å². The van der Waals surface area contributed by atoms with Crippen LogP contribution in [-0.4, -0.2) is 96.1 Å². The van der Waals surface area contributed by atoms with Crippen molar-refractivity contribution < 1.29 is 33.3 Å². The van der Waals surface area contributed by atoms with E-state index in [4.69, 9.17) is 23.7 Å². The average molecular weight is 411 g/mol. The van der Waals surface area contributed by atoms with Crippen molar-refractivity contribution >= 4 is 22.9 Å². The molecular formula is C17H34N2O7S. The highest BCUT2D eigenvalue weighted by atomic mass is 32.2. The molecule has 0 aromatic carbocycles. The molecule has 0 aliphatic carbocycles. The maximum Gasteiger partial charge on any atom is 0.278 e. The van der Waals surface area contributed by atoms with Gasteiger partial charge in [-0.25, -0.2) is 0 Å². The van der Waals surface area contributed by atoms with Crippen molar-refractivity contribution in [3.05, 3.63) is 0 Å². The number of thioether (sulfide) groups is 1. The Labute approximate surface area is 166 Å². The summed E-state index contributed by atoms with van der Waals surface area (Å²) < 4.78 is 26.5. The molecule has 2 amide bonds. The quantitative estimate of drug-likeness (QED) is 0.318. The number of rotatable bonds is 18. The Bertz CT molecular complexity index is 373. The molecule has 0 rings (SSSR count). The van der Waals surface area contributed by atoms with Gasteiger partial charge >= 0.3 is 0 Å². The number of ether oxygens (including phenoxy) is 5. The van der Waals surface area contributed by atoms with Crippen molar-refractivity contribution in [2.24, 2.45) is 0 Å². The Morgan fingerprint density at radius 3 is 1.67 bits per heavy atom. The summed E-state index contributed by atoms with van der Waals surface area (Å²) in [5, 5.41) is 5.34. The zero-order chi connectivity index (χ0) is 20.2. The van der Waals surface area contributed by atoms with Crippen molar-refractivity contribution in [2.45, 2.75) is 20.0 Å². The molecular weight excluding hydrogens is 376 g/mol. The van der Waals surface area contributed by atoms with E-state index < -0.39 is 0 Å². The fraction of sp³-hybridized carbons (Fsp3) is 0.882. The first-order valence-electron chi connectivity index (χ1n) is 9.07. The molecule has 0 heterocycles. The lowest BCUT2D eigenvalue weighted by Gasteiger charge is -2.09. The second-order valence-electron chi connectivity index (χ2n) is 5.58. The van der Waals surface area contributed by atoms with E-state index in [0.29, 0.717) is 65.9 Å². The van der Waals surface area contributed by atoms with Crippen LogP contribution in [0, 0.1) is 0 Å². The molecule has 0 spiro atoms. The Kier molecular flexibility index (Phi) is 19.2. The van der Waals surface area contributed by atoms with Gasteiger partial charge in [-0.2, -0.15) is 0 Å². The second kappa shape index (κ2) is 19.8. The predicted octanol–water partition coefficient (Wildman–Crippen LogP) is 0.667. The molecule has 27 heavy (non-hydrogen) atoms. The predicted molar refractivity (Wildman–Crippen MR) is 104 cm³/mol. The first kappa shape index (κ1) is 26.1. The minimum Gasteiger partial charge on any atom is -0.377 e. The summed E-state index contributed by atoms with van der Waals surface area (Å²) >= 11 is 1.14. The molecule has 0 aromatic rings. The summed E-state index contributed by atoms with van der Waals surface area (Å²) in [7, 11) is 0. The molecule has 0 bridgehead atoms. The Morgan fingerprint density at radius 1 is 0.778 bits per heavy atom. The van der Waals surface area contributed by atoms with E-state index in [1.807, 2.05) is 13.8 Å². The topological polar surface area (TPSA) is 104 Å². The average Bonchev–Trinajstić information content (AvgIpc) is 2.65. The van der Waals surface area contributed by atoms with Crippen LogP contribution in [0.3, 0.4) is 0 Å². The number of carbonyl (C=O) groups is 2. The minimum absolute atomic E-state index is 0.0414. The van der Waals surface area contributed by atoms with Crippen molar-refractivity contribution in [1.82, 2.24) is 10.6 Å². The summed E-state index contributed by atoms with van der Waals surface area (Å²) in [4.78, 5) is 22.3. The van der Waals surface area contributed by atoms with Crippen LogP contribution in [0.2, 0.25) is 0 Å². The normalized spacial score (nSPS) is 11.0. The van der Waals surface area contributed by atoms with Crippen LogP contribution in [0.25, 0.3) is 0 Å². The lowest BCUT2D eigenvalue weighted by atomic mass is 10.5. The van der Waals surface area contributed by atoms with Gasteiger partial charge in [-0.15, -0.1) is 0 Å². The van der Waals surface area contributed by atoms with E-state index in [2.05, 4.69) is 10.6 Å². The monoisotopic (exact) mass is 410 g/mol. The number of nitrogens with one attached hydrogen (secondary N) is 2. The van der Waals surface area contributed by atoms with E-state index >= 15 is 0 Å². The number of carbonyl (C=O) groups excluding carboxylic acids is 2. The third-order valence-electron chi connectivity index (χ3n) is 2.93. The Hall–Kier alpha value is -0.910. The largest absolute Gasteiger partial charge is 0.377 e. The van der Waals surface area contributed by atoms with Gasteiger partial charge in [-0.3, -0.25) is 9.59 Å². The molecule has 10 heteroatoms. The molecule has 0 radical (unpaired) electrons. The van der Waals surface area contributed by atoms with E-state index in [1.165, 1.54) is 0 Å². The van der Waals surface area contributed by atoms with Crippen LogP contribution in [-0.2, 0) is 28.5 Å². The lowest BCUT2D eigenvalue weighted by molar-refractivity contribution is -0.127. The standard InChI is InChI=1S/C17H34N2O7S/c1-15(2)26-14-16(20)18-4-6-22-8-10-24-12-13-25-11-9-23-7-5-19-17(21)27-3/h15H,4-14H2,1-3H3,(H,18,20)(H,19,21). The molecule has 0 aromatic heterocycles. The fourth-order valence-corrected chi connectivity index (χ4v) is 1.86. The number of amides is 2. The lowest BCUT2D eigenvalue weighted by Crippen LogP contribution is -2.31. The molecule has 0 fully saturated rings. The van der Waals surface area contributed by atoms with Gasteiger partial charge in [0.05, 0.1) is 59.0 Å². The first-order valence-corrected chi connectivity index (χ1v) is 10.3. The molecule has 0 aliphatic rings. The van der Waals surface area contributed by atoms with Gasteiger partial charge < -0.3 is 34.3 Å². The van der Waals surface area contributed by atoms with Gasteiger partial charge in [0.25, 0.3) is 5.24 Å². The van der Waals surface area contributed by atoms with Crippen LogP contribution in [0.5, 0.6) is 0 Å². The van der Waals surface area contributed by atoms with Crippen LogP contribution in [0.4, 0.5) is 4.79 Å². The minimum atomic E-state index is -0.144. The van der Waals surface area contributed by atoms with Gasteiger partial charge in [-0.05, 0) is 20.1 Å². The van der Waals surface area contributed by atoms with E-state index in [1.54, 1.807) is 6.26 Å². The van der Waals surface area contributed by atoms with Crippen LogP contribution < -0.4 is 10.6 Å². The Morgan fingerprint density at radius 2 is 1.22 bits per heavy atom. The summed E-state index contributed by atoms with van der Waals surface area (Å²) in [6, 6.07) is 0. The molecule has 0 aliphatic heterocycles. The molecule has 0 atom stereocenters. The van der Waals surface area contributed by atoms with E-state index in [0.717, 1.165) is 11.8 Å². The van der Waals surface area contributed by atoms with Crippen molar-refractivity contribution in [1.29, 1.82) is 0 Å². The second-order valence-corrected chi connectivity index (χ2v) is 6.36. The van der Waals surface area contributed by atoms with Crippen molar-refractivity contribution in [3.8, 4) is 0 Å². The van der Waals surface area contributed by atoms with Crippen molar-refractivity contribution in [2.75, 3.05) is 78.8 Å².